The molecule has 1 amide bonds. The van der Waals surface area contributed by atoms with E-state index < -0.39 is 0 Å². The highest BCUT2D eigenvalue weighted by Crippen LogP contribution is 2.34. The highest BCUT2D eigenvalue weighted by molar-refractivity contribution is 5.98. The molecule has 1 aliphatic carbocycles. The molecule has 1 aliphatic heterocycles. The summed E-state index contributed by atoms with van der Waals surface area (Å²) in [6, 6.07) is 7.38. The van der Waals surface area contributed by atoms with Gasteiger partial charge in [-0.15, -0.1) is 0 Å². The van der Waals surface area contributed by atoms with Crippen molar-refractivity contribution < 1.29 is 9.53 Å². The number of rotatable bonds is 3. The Morgan fingerprint density at radius 2 is 2.14 bits per heavy atom. The molecular formula is C17H19N2O2. The van der Waals surface area contributed by atoms with Crippen LogP contribution in [0.1, 0.15) is 37.7 Å². The van der Waals surface area contributed by atoms with Gasteiger partial charge in [-0.3, -0.25) is 4.79 Å². The fourth-order valence-electron chi connectivity index (χ4n) is 3.11. The number of ether oxygens (including phenoxy) is 1. The summed E-state index contributed by atoms with van der Waals surface area (Å²) in [4.78, 5) is 13.9. The molecule has 0 unspecified atom stereocenters. The van der Waals surface area contributed by atoms with Gasteiger partial charge in [0.05, 0.1) is 17.3 Å². The fraction of sp³-hybridized carbons (Fsp3) is 0.471. The number of carbonyl (C=O) groups excluding carboxylic acids is 1. The number of fused-ring (bicyclic) bond motifs is 1. The maximum absolute atomic E-state index is 12.1. The van der Waals surface area contributed by atoms with Crippen molar-refractivity contribution in [2.75, 3.05) is 18.1 Å². The summed E-state index contributed by atoms with van der Waals surface area (Å²) < 4.78 is 5.45. The van der Waals surface area contributed by atoms with Gasteiger partial charge in [0.1, 0.15) is 5.75 Å². The monoisotopic (exact) mass is 283 g/mol. The molecule has 4 nitrogen and oxygen atoms in total. The van der Waals surface area contributed by atoms with E-state index in [1.807, 2.05) is 0 Å². The zero-order valence-electron chi connectivity index (χ0n) is 12.0. The van der Waals surface area contributed by atoms with Crippen molar-refractivity contribution in [2.24, 2.45) is 5.92 Å². The van der Waals surface area contributed by atoms with Crippen molar-refractivity contribution in [3.63, 3.8) is 0 Å². The zero-order valence-corrected chi connectivity index (χ0v) is 12.0. The molecule has 0 atom stereocenters. The van der Waals surface area contributed by atoms with Gasteiger partial charge in [0, 0.05) is 6.54 Å². The van der Waals surface area contributed by atoms with E-state index in [1.165, 1.54) is 25.7 Å². The van der Waals surface area contributed by atoms with Gasteiger partial charge in [0.15, 0.2) is 6.61 Å². The average Bonchev–Trinajstić information content (AvgIpc) is 2.54. The molecule has 1 saturated carbocycles. The smallest absolute Gasteiger partial charge is 0.265 e. The SMILES string of the molecule is N#Cc1ccc2c(c1)N(CCC1CC[CH]CC1)C(=O)CO2. The van der Waals surface area contributed by atoms with Crippen molar-refractivity contribution in [2.45, 2.75) is 32.1 Å². The Morgan fingerprint density at radius 3 is 2.90 bits per heavy atom. The van der Waals surface area contributed by atoms with Gasteiger partial charge in [0.25, 0.3) is 5.91 Å². The van der Waals surface area contributed by atoms with Crippen LogP contribution in [0, 0.1) is 23.7 Å². The molecule has 109 valence electrons. The van der Waals surface area contributed by atoms with Crippen molar-refractivity contribution in [3.05, 3.63) is 30.2 Å². The second-order valence-electron chi connectivity index (χ2n) is 5.73. The lowest BCUT2D eigenvalue weighted by atomic mass is 9.87. The lowest BCUT2D eigenvalue weighted by molar-refractivity contribution is -0.121. The molecule has 1 aromatic rings. The molecule has 1 heterocycles. The number of amides is 1. The molecule has 1 aromatic carbocycles. The first-order valence-corrected chi connectivity index (χ1v) is 7.57. The zero-order chi connectivity index (χ0) is 14.7. The van der Waals surface area contributed by atoms with Gasteiger partial charge in [-0.25, -0.2) is 0 Å². The number of hydrogen-bond donors (Lipinski definition) is 0. The molecule has 3 rings (SSSR count). The van der Waals surface area contributed by atoms with Gasteiger partial charge in [-0.1, -0.05) is 12.8 Å². The second-order valence-corrected chi connectivity index (χ2v) is 5.73. The Morgan fingerprint density at radius 1 is 1.33 bits per heavy atom. The molecule has 0 N–H and O–H groups in total. The predicted octanol–water partition coefficient (Wildman–Crippen LogP) is 3.07. The van der Waals surface area contributed by atoms with E-state index in [1.54, 1.807) is 23.1 Å². The molecule has 1 radical (unpaired) electrons. The van der Waals surface area contributed by atoms with Crippen LogP contribution >= 0.6 is 0 Å². The summed E-state index contributed by atoms with van der Waals surface area (Å²) in [5.74, 6) is 1.39. The number of nitrogens with zero attached hydrogens (tertiary/aromatic N) is 2. The second kappa shape index (κ2) is 6.17. The minimum Gasteiger partial charge on any atom is -0.482 e. The highest BCUT2D eigenvalue weighted by Gasteiger charge is 2.26. The lowest BCUT2D eigenvalue weighted by Crippen LogP contribution is -2.40. The van der Waals surface area contributed by atoms with E-state index in [0.717, 1.165) is 18.7 Å². The van der Waals surface area contributed by atoms with Crippen LogP contribution < -0.4 is 9.64 Å². The van der Waals surface area contributed by atoms with Crippen LogP contribution in [0.4, 0.5) is 5.69 Å². The van der Waals surface area contributed by atoms with E-state index in [2.05, 4.69) is 12.5 Å². The van der Waals surface area contributed by atoms with Gasteiger partial charge in [-0.2, -0.15) is 5.26 Å². The first-order chi connectivity index (χ1) is 10.3. The van der Waals surface area contributed by atoms with Crippen LogP contribution in [0.2, 0.25) is 0 Å². The largest absolute Gasteiger partial charge is 0.482 e. The van der Waals surface area contributed by atoms with Crippen LogP contribution in [-0.4, -0.2) is 19.1 Å². The molecule has 2 aliphatic rings. The van der Waals surface area contributed by atoms with E-state index in [0.29, 0.717) is 17.2 Å². The summed E-state index contributed by atoms with van der Waals surface area (Å²) in [5.41, 5.74) is 1.30. The molecule has 0 aromatic heterocycles. The summed E-state index contributed by atoms with van der Waals surface area (Å²) in [6.07, 6.45) is 8.21. The van der Waals surface area contributed by atoms with Crippen LogP contribution in [0.3, 0.4) is 0 Å². The number of benzene rings is 1. The minimum absolute atomic E-state index is 0.0139. The first-order valence-electron chi connectivity index (χ1n) is 7.57. The number of carbonyl (C=O) groups is 1. The molecule has 4 heteroatoms. The van der Waals surface area contributed by atoms with Crippen LogP contribution in [-0.2, 0) is 4.79 Å². The normalized spacial score (nSPS) is 18.8. The highest BCUT2D eigenvalue weighted by atomic mass is 16.5. The molecule has 0 spiro atoms. The Balaban J connectivity index is 1.75. The number of nitriles is 1. The van der Waals surface area contributed by atoms with Gasteiger partial charge in [-0.05, 0) is 49.8 Å². The Kier molecular flexibility index (Phi) is 4.10. The fourth-order valence-corrected chi connectivity index (χ4v) is 3.11. The summed E-state index contributed by atoms with van der Waals surface area (Å²) in [6.45, 7) is 0.812. The number of anilines is 1. The quantitative estimate of drug-likeness (QED) is 0.856. The summed E-state index contributed by atoms with van der Waals surface area (Å²) in [7, 11) is 0. The van der Waals surface area contributed by atoms with Crippen LogP contribution in [0.25, 0.3) is 0 Å². The molecular weight excluding hydrogens is 264 g/mol. The molecule has 0 bridgehead atoms. The van der Waals surface area contributed by atoms with Gasteiger partial charge >= 0.3 is 0 Å². The topological polar surface area (TPSA) is 53.3 Å². The van der Waals surface area contributed by atoms with Crippen LogP contribution in [0.15, 0.2) is 18.2 Å². The molecule has 0 saturated heterocycles. The third-order valence-electron chi connectivity index (χ3n) is 4.35. The van der Waals surface area contributed by atoms with E-state index >= 15 is 0 Å². The first kappa shape index (κ1) is 13.9. The van der Waals surface area contributed by atoms with Gasteiger partial charge in [0.2, 0.25) is 0 Å². The van der Waals surface area contributed by atoms with Crippen molar-refractivity contribution in [1.82, 2.24) is 0 Å². The third-order valence-corrected chi connectivity index (χ3v) is 4.35. The third kappa shape index (κ3) is 3.02. The molecule has 1 fully saturated rings. The molecule has 21 heavy (non-hydrogen) atoms. The van der Waals surface area contributed by atoms with E-state index in [9.17, 15) is 4.79 Å². The standard InChI is InChI=1S/C17H19N2O2/c18-11-14-6-7-16-15(10-14)19(17(20)12-21-16)9-8-13-4-2-1-3-5-13/h1,6-7,10,13H,2-5,8-9,12H2. The minimum atomic E-state index is -0.0139. The Labute approximate surface area is 125 Å². The average molecular weight is 283 g/mol. The van der Waals surface area contributed by atoms with Crippen LogP contribution in [0.5, 0.6) is 5.75 Å². The number of hydrogen-bond acceptors (Lipinski definition) is 3. The summed E-state index contributed by atoms with van der Waals surface area (Å²) in [5, 5.41) is 9.03. The predicted molar refractivity (Wildman–Crippen MR) is 79.9 cm³/mol. The van der Waals surface area contributed by atoms with Crippen molar-refractivity contribution in [1.29, 1.82) is 5.26 Å². The maximum atomic E-state index is 12.1. The van der Waals surface area contributed by atoms with E-state index in [-0.39, 0.29) is 12.5 Å². The lowest BCUT2D eigenvalue weighted by Gasteiger charge is -2.31. The van der Waals surface area contributed by atoms with Crippen molar-refractivity contribution >= 4 is 11.6 Å². The Hall–Kier alpha value is -2.02. The Bertz CT molecular complexity index is 571. The van der Waals surface area contributed by atoms with E-state index in [4.69, 9.17) is 10.00 Å². The van der Waals surface area contributed by atoms with Gasteiger partial charge < -0.3 is 9.64 Å². The maximum Gasteiger partial charge on any atom is 0.265 e. The summed E-state index contributed by atoms with van der Waals surface area (Å²) >= 11 is 0. The van der Waals surface area contributed by atoms with Crippen molar-refractivity contribution in [3.8, 4) is 11.8 Å².